The molecule has 0 aliphatic heterocycles. The molecule has 0 aliphatic rings. The van der Waals surface area contributed by atoms with Crippen LogP contribution in [0.3, 0.4) is 0 Å². The summed E-state index contributed by atoms with van der Waals surface area (Å²) in [5.74, 6) is 0.0619. The first-order chi connectivity index (χ1) is 14.3. The zero-order valence-electron chi connectivity index (χ0n) is 16.9. The van der Waals surface area contributed by atoms with E-state index < -0.39 is 0 Å². The van der Waals surface area contributed by atoms with E-state index in [0.29, 0.717) is 17.0 Å². The first-order valence-corrected chi connectivity index (χ1v) is 10.1. The van der Waals surface area contributed by atoms with Gasteiger partial charge in [0.05, 0.1) is 21.6 Å². The van der Waals surface area contributed by atoms with Crippen molar-refractivity contribution in [3.05, 3.63) is 81.3 Å². The van der Waals surface area contributed by atoms with Crippen LogP contribution in [0.4, 0.5) is 4.39 Å². The monoisotopic (exact) mass is 472 g/mol. The second-order valence-electron chi connectivity index (χ2n) is 6.78. The zero-order valence-corrected chi connectivity index (χ0v) is 18.5. The molecule has 0 saturated carbocycles. The Morgan fingerprint density at radius 2 is 1.90 bits per heavy atom. The summed E-state index contributed by atoms with van der Waals surface area (Å²) in [5, 5.41) is 8.47. The molecule has 0 atom stereocenters. The van der Waals surface area contributed by atoms with Crippen LogP contribution < -0.4 is 10.2 Å². The topological polar surface area (TPSA) is 68.5 Å². The lowest BCUT2D eigenvalue weighted by atomic mass is 10.1. The lowest BCUT2D eigenvalue weighted by Crippen LogP contribution is -2.25. The number of benzene rings is 2. The van der Waals surface area contributed by atoms with Crippen LogP contribution in [0.25, 0.3) is 0 Å². The zero-order chi connectivity index (χ0) is 21.7. The highest BCUT2D eigenvalue weighted by atomic mass is 79.9. The molecule has 6 nitrogen and oxygen atoms in total. The van der Waals surface area contributed by atoms with Crippen molar-refractivity contribution in [1.82, 2.24) is 15.2 Å². The molecule has 1 amide bonds. The predicted molar refractivity (Wildman–Crippen MR) is 117 cm³/mol. The van der Waals surface area contributed by atoms with E-state index in [2.05, 4.69) is 31.6 Å². The maximum absolute atomic E-state index is 13.7. The van der Waals surface area contributed by atoms with E-state index in [1.807, 2.05) is 26.0 Å². The number of carbonyl (C=O) groups is 1. The van der Waals surface area contributed by atoms with Gasteiger partial charge in [-0.2, -0.15) is 10.2 Å². The Labute approximate surface area is 182 Å². The van der Waals surface area contributed by atoms with E-state index in [0.717, 1.165) is 21.4 Å². The molecule has 0 unspecified atom stereocenters. The Morgan fingerprint density at radius 3 is 2.53 bits per heavy atom. The van der Waals surface area contributed by atoms with Crippen molar-refractivity contribution in [3.63, 3.8) is 0 Å². The number of nitrogens with zero attached hydrogens (tertiary/aromatic N) is 3. The smallest absolute Gasteiger partial charge is 0.261 e. The lowest BCUT2D eigenvalue weighted by Gasteiger charge is -2.08. The van der Waals surface area contributed by atoms with Gasteiger partial charge < -0.3 is 4.74 Å². The summed E-state index contributed by atoms with van der Waals surface area (Å²) in [6.45, 7) is 5.80. The van der Waals surface area contributed by atoms with Gasteiger partial charge in [-0.25, -0.2) is 9.82 Å². The van der Waals surface area contributed by atoms with Crippen LogP contribution in [0.2, 0.25) is 0 Å². The van der Waals surface area contributed by atoms with Crippen LogP contribution in [0, 0.1) is 19.7 Å². The molecule has 1 heterocycles. The molecule has 3 rings (SSSR count). The minimum atomic E-state index is -0.291. The van der Waals surface area contributed by atoms with Crippen molar-refractivity contribution < 1.29 is 13.9 Å². The fourth-order valence-electron chi connectivity index (χ4n) is 2.78. The maximum atomic E-state index is 13.7. The van der Waals surface area contributed by atoms with E-state index in [-0.39, 0.29) is 24.9 Å². The molecule has 156 valence electrons. The summed E-state index contributed by atoms with van der Waals surface area (Å²) in [6.07, 6.45) is 0. The standard InChI is InChI=1S/C22H22BrFN4O2/c1-14(25-26-21(29)12-28-16(3)22(23)15(2)27-28)17-8-10-19(11-9-17)30-13-18-6-4-5-7-20(18)24/h4-11H,12-13H2,1-3H3,(H,26,29)/b25-14+. The summed E-state index contributed by atoms with van der Waals surface area (Å²) >= 11 is 3.44. The third kappa shape index (κ3) is 5.33. The summed E-state index contributed by atoms with van der Waals surface area (Å²) in [4.78, 5) is 12.2. The molecule has 0 bridgehead atoms. The number of aryl methyl sites for hydroxylation is 1. The van der Waals surface area contributed by atoms with Crippen molar-refractivity contribution in [1.29, 1.82) is 0 Å². The molecule has 0 saturated heterocycles. The number of nitrogens with one attached hydrogen (secondary N) is 1. The summed E-state index contributed by atoms with van der Waals surface area (Å²) in [6, 6.07) is 13.7. The van der Waals surface area contributed by atoms with E-state index in [9.17, 15) is 9.18 Å². The first kappa shape index (κ1) is 21.7. The van der Waals surface area contributed by atoms with Gasteiger partial charge in [-0.05, 0) is 72.6 Å². The van der Waals surface area contributed by atoms with Crippen molar-refractivity contribution in [2.45, 2.75) is 33.9 Å². The van der Waals surface area contributed by atoms with Crippen LogP contribution in [-0.4, -0.2) is 21.4 Å². The van der Waals surface area contributed by atoms with Gasteiger partial charge in [0.25, 0.3) is 5.91 Å². The third-order valence-corrected chi connectivity index (χ3v) is 5.71. The summed E-state index contributed by atoms with van der Waals surface area (Å²) < 4.78 is 21.8. The van der Waals surface area contributed by atoms with Gasteiger partial charge in [-0.1, -0.05) is 18.2 Å². The first-order valence-electron chi connectivity index (χ1n) is 9.34. The summed E-state index contributed by atoms with van der Waals surface area (Å²) in [5.41, 5.74) is 6.25. The molecular weight excluding hydrogens is 451 g/mol. The molecule has 0 aliphatic carbocycles. The largest absolute Gasteiger partial charge is 0.489 e. The number of hydrogen-bond donors (Lipinski definition) is 1. The second-order valence-corrected chi connectivity index (χ2v) is 7.57. The number of carbonyl (C=O) groups excluding carboxylic acids is 1. The predicted octanol–water partition coefficient (Wildman–Crippen LogP) is 4.52. The molecule has 3 aromatic rings. The van der Waals surface area contributed by atoms with Gasteiger partial charge in [0.2, 0.25) is 0 Å². The number of amides is 1. The third-order valence-electron chi connectivity index (χ3n) is 4.56. The number of aromatic nitrogens is 2. The van der Waals surface area contributed by atoms with Crippen LogP contribution in [0.1, 0.15) is 29.4 Å². The number of hydrazone groups is 1. The fraction of sp³-hybridized carbons (Fsp3) is 0.227. The van der Waals surface area contributed by atoms with Gasteiger partial charge in [-0.3, -0.25) is 9.48 Å². The van der Waals surface area contributed by atoms with Crippen molar-refractivity contribution in [2.75, 3.05) is 0 Å². The number of rotatable bonds is 7. The van der Waals surface area contributed by atoms with E-state index >= 15 is 0 Å². The van der Waals surface area contributed by atoms with Gasteiger partial charge in [0, 0.05) is 5.56 Å². The number of ether oxygens (including phenoxy) is 1. The molecule has 0 radical (unpaired) electrons. The molecule has 30 heavy (non-hydrogen) atoms. The van der Waals surface area contributed by atoms with Gasteiger partial charge >= 0.3 is 0 Å². The minimum absolute atomic E-state index is 0.0812. The SMILES string of the molecule is C/C(=N\NC(=O)Cn1nc(C)c(Br)c1C)c1ccc(OCc2ccccc2F)cc1. The number of hydrogen-bond acceptors (Lipinski definition) is 4. The maximum Gasteiger partial charge on any atom is 0.261 e. The van der Waals surface area contributed by atoms with Crippen LogP contribution in [0.5, 0.6) is 5.75 Å². The average Bonchev–Trinajstić information content (AvgIpc) is 2.98. The van der Waals surface area contributed by atoms with Crippen molar-refractivity contribution >= 4 is 27.5 Å². The lowest BCUT2D eigenvalue weighted by molar-refractivity contribution is -0.121. The Kier molecular flexibility index (Phi) is 6.99. The number of halogens is 2. The van der Waals surface area contributed by atoms with E-state index in [1.165, 1.54) is 6.07 Å². The van der Waals surface area contributed by atoms with Crippen LogP contribution >= 0.6 is 15.9 Å². The summed E-state index contributed by atoms with van der Waals surface area (Å²) in [7, 11) is 0. The highest BCUT2D eigenvalue weighted by Crippen LogP contribution is 2.19. The molecule has 1 aromatic heterocycles. The fourth-order valence-corrected chi connectivity index (χ4v) is 3.06. The van der Waals surface area contributed by atoms with Crippen LogP contribution in [0.15, 0.2) is 58.1 Å². The molecular formula is C22H22BrFN4O2. The van der Waals surface area contributed by atoms with Crippen molar-refractivity contribution in [3.8, 4) is 5.75 Å². The average molecular weight is 473 g/mol. The van der Waals surface area contributed by atoms with Crippen LogP contribution in [-0.2, 0) is 17.9 Å². The Hall–Kier alpha value is -3.00. The molecule has 0 spiro atoms. The van der Waals surface area contributed by atoms with E-state index in [4.69, 9.17) is 4.74 Å². The Morgan fingerprint density at radius 1 is 1.20 bits per heavy atom. The quantitative estimate of drug-likeness (QED) is 0.405. The van der Waals surface area contributed by atoms with Gasteiger partial charge in [0.15, 0.2) is 0 Å². The second kappa shape index (κ2) is 9.67. The van der Waals surface area contributed by atoms with Gasteiger partial charge in [-0.15, -0.1) is 0 Å². The Balaban J connectivity index is 1.56. The van der Waals surface area contributed by atoms with Crippen molar-refractivity contribution in [2.24, 2.45) is 5.10 Å². The minimum Gasteiger partial charge on any atom is -0.489 e. The van der Waals surface area contributed by atoms with E-state index in [1.54, 1.807) is 41.9 Å². The molecule has 0 fully saturated rings. The van der Waals surface area contributed by atoms with Gasteiger partial charge in [0.1, 0.15) is 24.7 Å². The molecule has 8 heteroatoms. The Bertz CT molecular complexity index is 1080. The normalized spacial score (nSPS) is 11.4. The molecule has 1 N–H and O–H groups in total. The highest BCUT2D eigenvalue weighted by molar-refractivity contribution is 9.10. The highest BCUT2D eigenvalue weighted by Gasteiger charge is 2.11. The molecule has 2 aromatic carbocycles.